The van der Waals surface area contributed by atoms with E-state index in [4.69, 9.17) is 10.7 Å². The molecule has 0 aliphatic carbocycles. The summed E-state index contributed by atoms with van der Waals surface area (Å²) in [4.78, 5) is 0. The van der Waals surface area contributed by atoms with Crippen LogP contribution < -0.4 is 5.46 Å². The third-order valence-electron chi connectivity index (χ3n) is 1.08. The van der Waals surface area contributed by atoms with Crippen LogP contribution in [-0.4, -0.2) is 15.0 Å². The Labute approximate surface area is 70.7 Å². The van der Waals surface area contributed by atoms with E-state index >= 15 is 0 Å². The number of halogens is 1. The van der Waals surface area contributed by atoms with Crippen molar-refractivity contribution >= 4 is 31.6 Å². The Morgan fingerprint density at radius 2 is 1.73 bits per heavy atom. The first-order valence-corrected chi connectivity index (χ1v) is 5.30. The van der Waals surface area contributed by atoms with E-state index in [0.717, 1.165) is 6.56 Å². The van der Waals surface area contributed by atoms with Gasteiger partial charge in [-0.1, -0.05) is 35.8 Å². The fraction of sp³-hybridized carbons (Fsp3) is 0. The average Bonchev–Trinajstić information content (AvgIpc) is 1.85. The highest BCUT2D eigenvalue weighted by molar-refractivity contribution is 8.33. The third kappa shape index (κ3) is 3.44. The lowest BCUT2D eigenvalue weighted by Crippen LogP contribution is -2.19. The molecule has 1 aromatic rings. The van der Waals surface area contributed by atoms with Gasteiger partial charge in [-0.05, 0) is 0 Å². The smallest absolute Gasteiger partial charge is 0.225 e. The molecule has 0 saturated heterocycles. The van der Waals surface area contributed by atoms with Crippen LogP contribution in [0.15, 0.2) is 30.3 Å². The molecule has 2 nitrogen and oxygen atoms in total. The summed E-state index contributed by atoms with van der Waals surface area (Å²) < 4.78 is 21.0. The number of hydrogen-bond acceptors (Lipinski definition) is 2. The normalized spacial score (nSPS) is 11.0. The van der Waals surface area contributed by atoms with Crippen molar-refractivity contribution in [2.24, 2.45) is 0 Å². The predicted octanol–water partition coefficient (Wildman–Crippen LogP) is 0.500. The van der Waals surface area contributed by atoms with Crippen molar-refractivity contribution in [2.45, 2.75) is 0 Å². The molecule has 0 bridgehead atoms. The minimum atomic E-state index is -3.53. The molecule has 0 unspecified atom stereocenters. The summed E-state index contributed by atoms with van der Waals surface area (Å²) >= 11 is 0. The zero-order chi connectivity index (χ0) is 8.32. The van der Waals surface area contributed by atoms with Crippen molar-refractivity contribution in [3.05, 3.63) is 30.3 Å². The fourth-order valence-electron chi connectivity index (χ4n) is 0.694. The molecular formula is C6H5BClO2S. The maximum absolute atomic E-state index is 10.5. The molecule has 0 aliphatic rings. The van der Waals surface area contributed by atoms with Gasteiger partial charge < -0.3 is 0 Å². The van der Waals surface area contributed by atoms with E-state index in [0.29, 0.717) is 5.46 Å². The van der Waals surface area contributed by atoms with Gasteiger partial charge in [-0.2, -0.15) is 0 Å². The van der Waals surface area contributed by atoms with Crippen LogP contribution in [0.2, 0.25) is 0 Å². The first kappa shape index (κ1) is 8.62. The largest absolute Gasteiger partial charge is 0.338 e. The van der Waals surface area contributed by atoms with Crippen molar-refractivity contribution < 1.29 is 8.42 Å². The van der Waals surface area contributed by atoms with Crippen LogP contribution in [0, 0.1) is 0 Å². The number of benzene rings is 1. The van der Waals surface area contributed by atoms with Crippen LogP contribution in [-0.2, 0) is 8.90 Å². The maximum Gasteiger partial charge on any atom is 0.338 e. The molecule has 0 aliphatic heterocycles. The summed E-state index contributed by atoms with van der Waals surface area (Å²) in [6.45, 7) is 1.01. The molecule has 0 N–H and O–H groups in total. The van der Waals surface area contributed by atoms with E-state index in [-0.39, 0.29) is 0 Å². The second kappa shape index (κ2) is 3.28. The maximum atomic E-state index is 10.5. The first-order chi connectivity index (χ1) is 5.08. The lowest BCUT2D eigenvalue weighted by atomic mass is 9.95. The molecule has 0 aromatic heterocycles. The van der Waals surface area contributed by atoms with E-state index in [1.165, 1.54) is 0 Å². The van der Waals surface area contributed by atoms with Crippen LogP contribution in [0.3, 0.4) is 0 Å². The van der Waals surface area contributed by atoms with Crippen molar-refractivity contribution in [3.63, 3.8) is 0 Å². The average molecular weight is 187 g/mol. The molecule has 0 amide bonds. The Hall–Kier alpha value is -0.475. The van der Waals surface area contributed by atoms with Crippen molar-refractivity contribution in [1.82, 2.24) is 0 Å². The van der Waals surface area contributed by atoms with Gasteiger partial charge in [-0.3, -0.25) is 0 Å². The van der Waals surface area contributed by atoms with Gasteiger partial charge in [-0.15, -0.1) is 0 Å². The van der Waals surface area contributed by atoms with E-state index < -0.39 is 8.90 Å². The van der Waals surface area contributed by atoms with Crippen LogP contribution in [0.5, 0.6) is 0 Å². The Balaban J connectivity index is 2.82. The summed E-state index contributed by atoms with van der Waals surface area (Å²) in [5.41, 5.74) is 0.586. The van der Waals surface area contributed by atoms with Gasteiger partial charge in [0, 0.05) is 10.7 Å². The molecule has 0 spiro atoms. The third-order valence-corrected chi connectivity index (χ3v) is 1.90. The van der Waals surface area contributed by atoms with Gasteiger partial charge in [0.15, 0.2) is 8.90 Å². The Bertz CT molecular complexity index is 322. The van der Waals surface area contributed by atoms with Gasteiger partial charge in [0.1, 0.15) is 0 Å². The lowest BCUT2D eigenvalue weighted by Gasteiger charge is -1.92. The predicted molar refractivity (Wildman–Crippen MR) is 46.6 cm³/mol. The Morgan fingerprint density at radius 3 is 2.18 bits per heavy atom. The highest BCUT2D eigenvalue weighted by atomic mass is 35.7. The molecule has 11 heavy (non-hydrogen) atoms. The van der Waals surface area contributed by atoms with Gasteiger partial charge in [0.05, 0.1) is 0 Å². The van der Waals surface area contributed by atoms with E-state index in [1.54, 1.807) is 30.3 Å². The van der Waals surface area contributed by atoms with Gasteiger partial charge in [-0.25, -0.2) is 8.42 Å². The monoisotopic (exact) mass is 187 g/mol. The van der Waals surface area contributed by atoms with Gasteiger partial charge >= 0.3 is 6.56 Å². The highest BCUT2D eigenvalue weighted by Gasteiger charge is 2.09. The second-order valence-electron chi connectivity index (χ2n) is 2.00. The van der Waals surface area contributed by atoms with Crippen LogP contribution in [0.1, 0.15) is 0 Å². The molecule has 57 valence electrons. The number of hydrogen-bond donors (Lipinski definition) is 0. The van der Waals surface area contributed by atoms with E-state index in [2.05, 4.69) is 0 Å². The van der Waals surface area contributed by atoms with Crippen LogP contribution >= 0.6 is 10.7 Å². The fourth-order valence-corrected chi connectivity index (χ4v) is 1.48. The molecule has 0 saturated carbocycles. The molecule has 1 radical (unpaired) electrons. The lowest BCUT2D eigenvalue weighted by molar-refractivity contribution is 0.621. The summed E-state index contributed by atoms with van der Waals surface area (Å²) in [7, 11) is 1.45. The quantitative estimate of drug-likeness (QED) is 0.499. The van der Waals surface area contributed by atoms with Crippen molar-refractivity contribution in [3.8, 4) is 0 Å². The number of rotatable bonds is 2. The standard InChI is InChI=1S/C6H5BClO2S/c8-11(9,10)7-6-4-2-1-3-5-6/h1-5H. The van der Waals surface area contributed by atoms with Crippen molar-refractivity contribution in [1.29, 1.82) is 0 Å². The van der Waals surface area contributed by atoms with Crippen LogP contribution in [0.25, 0.3) is 0 Å². The summed E-state index contributed by atoms with van der Waals surface area (Å²) in [5, 5.41) is 0. The van der Waals surface area contributed by atoms with Crippen molar-refractivity contribution in [2.75, 3.05) is 0 Å². The topological polar surface area (TPSA) is 34.1 Å². The molecule has 1 aromatic carbocycles. The molecule has 0 atom stereocenters. The minimum absolute atomic E-state index is 0.586. The zero-order valence-electron chi connectivity index (χ0n) is 5.57. The zero-order valence-corrected chi connectivity index (χ0v) is 7.14. The Morgan fingerprint density at radius 1 is 1.18 bits per heavy atom. The highest BCUT2D eigenvalue weighted by Crippen LogP contribution is 1.93. The molecule has 0 fully saturated rings. The SMILES string of the molecule is O=S(=O)(Cl)[B]c1ccccc1. The second-order valence-corrected chi connectivity index (χ2v) is 4.48. The van der Waals surface area contributed by atoms with E-state index in [9.17, 15) is 8.42 Å². The van der Waals surface area contributed by atoms with Crippen LogP contribution in [0.4, 0.5) is 0 Å². The summed E-state index contributed by atoms with van der Waals surface area (Å²) in [5.74, 6) is 0. The molecular weight excluding hydrogens is 182 g/mol. The molecule has 1 rings (SSSR count). The Kier molecular flexibility index (Phi) is 2.57. The van der Waals surface area contributed by atoms with Gasteiger partial charge in [0.2, 0.25) is 0 Å². The molecule has 0 heterocycles. The van der Waals surface area contributed by atoms with Gasteiger partial charge in [0.25, 0.3) is 0 Å². The molecule has 5 heteroatoms. The summed E-state index contributed by atoms with van der Waals surface area (Å²) in [6.07, 6.45) is 0. The van der Waals surface area contributed by atoms with E-state index in [1.807, 2.05) is 0 Å². The first-order valence-electron chi connectivity index (χ1n) is 2.92. The summed E-state index contributed by atoms with van der Waals surface area (Å²) in [6, 6.07) is 8.62. The minimum Gasteiger partial charge on any atom is -0.225 e.